The van der Waals surface area contributed by atoms with Crippen molar-refractivity contribution in [3.63, 3.8) is 0 Å². The molecule has 1 atom stereocenters. The summed E-state index contributed by atoms with van der Waals surface area (Å²) in [5, 5.41) is 20.0. The van der Waals surface area contributed by atoms with Gasteiger partial charge in [0.15, 0.2) is 0 Å². The summed E-state index contributed by atoms with van der Waals surface area (Å²) >= 11 is 0. The molecule has 4 nitrogen and oxygen atoms in total. The number of hydrogen-bond acceptors (Lipinski definition) is 3. The Bertz CT molecular complexity index is 127. The average Bonchev–Trinajstić information content (AvgIpc) is 2.10. The molecule has 1 amide bonds. The molecule has 72 valence electrons. The molecular formula is C8H17NO3. The Morgan fingerprint density at radius 1 is 1.58 bits per heavy atom. The first kappa shape index (κ1) is 11.4. The summed E-state index contributed by atoms with van der Waals surface area (Å²) in [7, 11) is 0. The Labute approximate surface area is 72.6 Å². The number of nitrogens with one attached hydrogen (secondary N) is 1. The molecule has 0 rings (SSSR count). The second-order valence-electron chi connectivity index (χ2n) is 2.67. The highest BCUT2D eigenvalue weighted by molar-refractivity contribution is 5.75. The van der Waals surface area contributed by atoms with Crippen LogP contribution in [0.15, 0.2) is 0 Å². The quantitative estimate of drug-likeness (QED) is 0.516. The first-order valence-electron chi connectivity index (χ1n) is 4.26. The molecule has 0 aliphatic rings. The zero-order valence-corrected chi connectivity index (χ0v) is 7.42. The number of aliphatic hydroxyl groups is 2. The molecule has 0 saturated heterocycles. The third-order valence-corrected chi connectivity index (χ3v) is 1.61. The molecule has 0 bridgehead atoms. The van der Waals surface area contributed by atoms with Gasteiger partial charge in [-0.15, -0.1) is 0 Å². The molecule has 0 aromatic heterocycles. The lowest BCUT2D eigenvalue weighted by molar-refractivity contribution is -0.121. The Hall–Kier alpha value is -0.610. The SMILES string of the molecule is CCC(O)CCC(=O)NCCO. The van der Waals surface area contributed by atoms with E-state index >= 15 is 0 Å². The van der Waals surface area contributed by atoms with E-state index in [0.717, 1.165) is 0 Å². The smallest absolute Gasteiger partial charge is 0.220 e. The van der Waals surface area contributed by atoms with Crippen molar-refractivity contribution < 1.29 is 15.0 Å². The van der Waals surface area contributed by atoms with Crippen LogP contribution in [-0.2, 0) is 4.79 Å². The molecule has 0 saturated carbocycles. The normalized spacial score (nSPS) is 12.6. The molecule has 0 aromatic carbocycles. The third kappa shape index (κ3) is 6.12. The van der Waals surface area contributed by atoms with Crippen molar-refractivity contribution in [1.29, 1.82) is 0 Å². The second-order valence-corrected chi connectivity index (χ2v) is 2.67. The summed E-state index contributed by atoms with van der Waals surface area (Å²) < 4.78 is 0. The summed E-state index contributed by atoms with van der Waals surface area (Å²) in [6.45, 7) is 2.12. The zero-order chi connectivity index (χ0) is 9.40. The van der Waals surface area contributed by atoms with Gasteiger partial charge in [-0.05, 0) is 12.8 Å². The number of aliphatic hydroxyl groups excluding tert-OH is 2. The molecule has 0 aromatic rings. The number of amides is 1. The van der Waals surface area contributed by atoms with Gasteiger partial charge in [-0.2, -0.15) is 0 Å². The van der Waals surface area contributed by atoms with Crippen molar-refractivity contribution in [3.8, 4) is 0 Å². The van der Waals surface area contributed by atoms with Crippen LogP contribution in [0.5, 0.6) is 0 Å². The van der Waals surface area contributed by atoms with E-state index in [1.807, 2.05) is 6.92 Å². The van der Waals surface area contributed by atoms with Crippen LogP contribution in [0, 0.1) is 0 Å². The summed E-state index contributed by atoms with van der Waals surface area (Å²) in [6, 6.07) is 0. The van der Waals surface area contributed by atoms with Gasteiger partial charge in [0.25, 0.3) is 0 Å². The van der Waals surface area contributed by atoms with Crippen molar-refractivity contribution in [2.24, 2.45) is 0 Å². The van der Waals surface area contributed by atoms with E-state index in [4.69, 9.17) is 10.2 Å². The summed E-state index contributed by atoms with van der Waals surface area (Å²) in [6.07, 6.45) is 1.11. The summed E-state index contributed by atoms with van der Waals surface area (Å²) in [4.78, 5) is 10.9. The maximum atomic E-state index is 10.9. The molecule has 0 fully saturated rings. The van der Waals surface area contributed by atoms with E-state index in [9.17, 15) is 4.79 Å². The van der Waals surface area contributed by atoms with E-state index in [1.165, 1.54) is 0 Å². The highest BCUT2D eigenvalue weighted by Crippen LogP contribution is 1.99. The molecule has 12 heavy (non-hydrogen) atoms. The summed E-state index contributed by atoms with van der Waals surface area (Å²) in [5.74, 6) is -0.114. The Morgan fingerprint density at radius 2 is 2.25 bits per heavy atom. The Balaban J connectivity index is 3.31. The van der Waals surface area contributed by atoms with Crippen LogP contribution >= 0.6 is 0 Å². The second kappa shape index (κ2) is 7.06. The van der Waals surface area contributed by atoms with E-state index in [0.29, 0.717) is 25.8 Å². The molecule has 0 spiro atoms. The number of carbonyl (C=O) groups excluding carboxylic acids is 1. The largest absolute Gasteiger partial charge is 0.395 e. The summed E-state index contributed by atoms with van der Waals surface area (Å²) in [5.41, 5.74) is 0. The van der Waals surface area contributed by atoms with Gasteiger partial charge >= 0.3 is 0 Å². The molecule has 0 aliphatic heterocycles. The molecule has 0 radical (unpaired) electrons. The van der Waals surface area contributed by atoms with Crippen LogP contribution in [0.2, 0.25) is 0 Å². The topological polar surface area (TPSA) is 69.6 Å². The minimum atomic E-state index is -0.384. The predicted molar refractivity (Wildman–Crippen MR) is 45.6 cm³/mol. The molecule has 1 unspecified atom stereocenters. The molecule has 3 N–H and O–H groups in total. The highest BCUT2D eigenvalue weighted by Gasteiger charge is 2.04. The first-order chi connectivity index (χ1) is 5.70. The van der Waals surface area contributed by atoms with Gasteiger partial charge in [0.2, 0.25) is 5.91 Å². The van der Waals surface area contributed by atoms with E-state index in [1.54, 1.807) is 0 Å². The minimum Gasteiger partial charge on any atom is -0.395 e. The highest BCUT2D eigenvalue weighted by atomic mass is 16.3. The predicted octanol–water partition coefficient (Wildman–Crippen LogP) is -0.354. The van der Waals surface area contributed by atoms with Crippen molar-refractivity contribution >= 4 is 5.91 Å². The van der Waals surface area contributed by atoms with Gasteiger partial charge in [0.05, 0.1) is 12.7 Å². The lowest BCUT2D eigenvalue weighted by atomic mass is 10.1. The number of carbonyl (C=O) groups is 1. The van der Waals surface area contributed by atoms with Crippen molar-refractivity contribution in [3.05, 3.63) is 0 Å². The average molecular weight is 175 g/mol. The van der Waals surface area contributed by atoms with Crippen LogP contribution in [0.1, 0.15) is 26.2 Å². The van der Waals surface area contributed by atoms with Gasteiger partial charge in [-0.25, -0.2) is 0 Å². The monoisotopic (exact) mass is 175 g/mol. The maximum Gasteiger partial charge on any atom is 0.220 e. The maximum absolute atomic E-state index is 10.9. The fourth-order valence-electron chi connectivity index (χ4n) is 0.786. The van der Waals surface area contributed by atoms with Crippen LogP contribution in [0.4, 0.5) is 0 Å². The lowest BCUT2D eigenvalue weighted by Gasteiger charge is -2.06. The van der Waals surface area contributed by atoms with Gasteiger partial charge < -0.3 is 15.5 Å². The van der Waals surface area contributed by atoms with E-state index < -0.39 is 0 Å². The zero-order valence-electron chi connectivity index (χ0n) is 7.42. The van der Waals surface area contributed by atoms with Crippen LogP contribution < -0.4 is 5.32 Å². The Morgan fingerprint density at radius 3 is 2.75 bits per heavy atom. The third-order valence-electron chi connectivity index (χ3n) is 1.61. The standard InChI is InChI=1S/C8H17NO3/c1-2-7(11)3-4-8(12)9-5-6-10/h7,10-11H,2-6H2,1H3,(H,9,12). The van der Waals surface area contributed by atoms with Crippen molar-refractivity contribution in [1.82, 2.24) is 5.32 Å². The molecule has 4 heteroatoms. The van der Waals surface area contributed by atoms with Gasteiger partial charge in [0.1, 0.15) is 0 Å². The van der Waals surface area contributed by atoms with E-state index in [-0.39, 0.29) is 18.6 Å². The molecular weight excluding hydrogens is 158 g/mol. The van der Waals surface area contributed by atoms with Crippen molar-refractivity contribution in [2.75, 3.05) is 13.2 Å². The lowest BCUT2D eigenvalue weighted by Crippen LogP contribution is -2.27. The number of hydrogen-bond donors (Lipinski definition) is 3. The Kier molecular flexibility index (Phi) is 6.70. The molecule has 0 aliphatic carbocycles. The van der Waals surface area contributed by atoms with Crippen LogP contribution in [-0.4, -0.2) is 35.4 Å². The fraction of sp³-hybridized carbons (Fsp3) is 0.875. The molecule has 0 heterocycles. The van der Waals surface area contributed by atoms with Gasteiger partial charge in [-0.1, -0.05) is 6.92 Å². The van der Waals surface area contributed by atoms with Gasteiger partial charge in [-0.3, -0.25) is 4.79 Å². The minimum absolute atomic E-state index is 0.0396. The first-order valence-corrected chi connectivity index (χ1v) is 4.26. The van der Waals surface area contributed by atoms with E-state index in [2.05, 4.69) is 5.32 Å². The van der Waals surface area contributed by atoms with Crippen LogP contribution in [0.25, 0.3) is 0 Å². The van der Waals surface area contributed by atoms with Crippen molar-refractivity contribution in [2.45, 2.75) is 32.3 Å². The van der Waals surface area contributed by atoms with Gasteiger partial charge in [0, 0.05) is 13.0 Å². The fourth-order valence-corrected chi connectivity index (χ4v) is 0.786. The van der Waals surface area contributed by atoms with Crippen LogP contribution in [0.3, 0.4) is 0 Å². The number of rotatable bonds is 6.